The number of halogens is 4. The predicted octanol–water partition coefficient (Wildman–Crippen LogP) is 5.90. The lowest BCUT2D eigenvalue weighted by molar-refractivity contribution is -0.137. The van der Waals surface area contributed by atoms with Crippen LogP contribution in [0.3, 0.4) is 0 Å². The maximum atomic E-state index is 13.0. The summed E-state index contributed by atoms with van der Waals surface area (Å²) in [5.74, 6) is 0.221. The van der Waals surface area contributed by atoms with Crippen molar-refractivity contribution in [2.24, 2.45) is 5.73 Å². The lowest BCUT2D eigenvalue weighted by Gasteiger charge is -2.13. The summed E-state index contributed by atoms with van der Waals surface area (Å²) in [7, 11) is 0. The Morgan fingerprint density at radius 1 is 0.963 bits per heavy atom. The first-order valence-electron chi connectivity index (χ1n) is 8.53. The highest BCUT2D eigenvalue weighted by Crippen LogP contribution is 2.44. The fraction of sp³-hybridized carbons (Fsp3) is 0.190. The van der Waals surface area contributed by atoms with Gasteiger partial charge in [-0.15, -0.1) is 0 Å². The van der Waals surface area contributed by atoms with Crippen LogP contribution < -0.4 is 5.73 Å². The maximum absolute atomic E-state index is 13.0. The Balaban J connectivity index is 1.82. The third-order valence-electron chi connectivity index (χ3n) is 4.77. The molecule has 0 unspecified atom stereocenters. The highest BCUT2D eigenvalue weighted by atomic mass is 35.5. The second-order valence-electron chi connectivity index (χ2n) is 6.73. The van der Waals surface area contributed by atoms with Crippen molar-refractivity contribution in [2.75, 3.05) is 0 Å². The quantitative estimate of drug-likeness (QED) is 0.606. The smallest absolute Gasteiger partial charge is 0.327 e. The molecule has 2 nitrogen and oxygen atoms in total. The molecule has 1 heterocycles. The normalized spacial score (nSPS) is 19.1. The average molecular weight is 389 g/mol. The predicted molar refractivity (Wildman–Crippen MR) is 100 cm³/mol. The van der Waals surface area contributed by atoms with Crippen LogP contribution in [0.15, 0.2) is 60.7 Å². The molecule has 1 aliphatic carbocycles. The topological polar surface area (TPSA) is 38.9 Å². The van der Waals surface area contributed by atoms with Crippen LogP contribution >= 0.6 is 11.6 Å². The van der Waals surface area contributed by atoms with E-state index in [1.165, 1.54) is 6.07 Å². The van der Waals surface area contributed by atoms with Crippen molar-refractivity contribution in [2.45, 2.75) is 24.6 Å². The van der Waals surface area contributed by atoms with E-state index < -0.39 is 11.7 Å². The first-order chi connectivity index (χ1) is 12.8. The van der Waals surface area contributed by atoms with E-state index in [9.17, 15) is 13.2 Å². The van der Waals surface area contributed by atoms with Crippen LogP contribution in [-0.4, -0.2) is 11.0 Å². The molecular weight excluding hydrogens is 373 g/mol. The van der Waals surface area contributed by atoms with Crippen LogP contribution in [0.5, 0.6) is 0 Å². The molecule has 3 aromatic rings. The van der Waals surface area contributed by atoms with E-state index in [1.54, 1.807) is 24.3 Å². The van der Waals surface area contributed by atoms with Gasteiger partial charge in [0.1, 0.15) is 0 Å². The molecule has 1 fully saturated rings. The largest absolute Gasteiger partial charge is 0.416 e. The number of hydrogen-bond donors (Lipinski definition) is 1. The fourth-order valence-electron chi connectivity index (χ4n) is 3.20. The van der Waals surface area contributed by atoms with Gasteiger partial charge in [-0.05, 0) is 42.3 Å². The number of hydrogen-bond acceptors (Lipinski definition) is 2. The monoisotopic (exact) mass is 388 g/mol. The Morgan fingerprint density at radius 2 is 1.67 bits per heavy atom. The van der Waals surface area contributed by atoms with Gasteiger partial charge in [-0.3, -0.25) is 0 Å². The van der Waals surface area contributed by atoms with Crippen LogP contribution in [-0.2, 0) is 6.18 Å². The van der Waals surface area contributed by atoms with Crippen LogP contribution in [0.2, 0.25) is 5.02 Å². The highest BCUT2D eigenvalue weighted by molar-refractivity contribution is 6.30. The zero-order valence-corrected chi connectivity index (χ0v) is 14.9. The number of alkyl halides is 3. The fourth-order valence-corrected chi connectivity index (χ4v) is 3.32. The second-order valence-corrected chi connectivity index (χ2v) is 7.16. The molecule has 1 saturated carbocycles. The first kappa shape index (κ1) is 18.0. The minimum absolute atomic E-state index is 0.0947. The number of nitrogens with zero attached hydrogens (tertiary/aromatic N) is 1. The molecule has 0 radical (unpaired) electrons. The molecule has 2 atom stereocenters. The Hall–Kier alpha value is -2.37. The van der Waals surface area contributed by atoms with Gasteiger partial charge < -0.3 is 5.73 Å². The van der Waals surface area contributed by atoms with E-state index >= 15 is 0 Å². The lowest BCUT2D eigenvalue weighted by atomic mass is 9.99. The minimum atomic E-state index is -4.39. The van der Waals surface area contributed by atoms with Gasteiger partial charge in [0.25, 0.3) is 0 Å². The number of pyridine rings is 1. The Morgan fingerprint density at radius 3 is 2.30 bits per heavy atom. The van der Waals surface area contributed by atoms with Gasteiger partial charge in [-0.1, -0.05) is 41.9 Å². The standard InChI is InChI=1S/C21H16ClF3N2/c22-15-6-4-12(5-7-15)20-16(17-11-18(17)26)8-9-19(27-20)13-2-1-3-14(10-13)21(23,24)25/h1-10,17-18H,11,26H2/t17-,18+/m1/s1. The number of benzene rings is 2. The van der Waals surface area contributed by atoms with E-state index in [-0.39, 0.29) is 12.0 Å². The van der Waals surface area contributed by atoms with Gasteiger partial charge in [-0.25, -0.2) is 4.98 Å². The number of aromatic nitrogens is 1. The van der Waals surface area contributed by atoms with Crippen molar-refractivity contribution < 1.29 is 13.2 Å². The molecule has 138 valence electrons. The molecular formula is C21H16ClF3N2. The van der Waals surface area contributed by atoms with E-state index in [4.69, 9.17) is 22.3 Å². The van der Waals surface area contributed by atoms with Crippen LogP contribution in [0, 0.1) is 0 Å². The lowest BCUT2D eigenvalue weighted by Crippen LogP contribution is -2.05. The average Bonchev–Trinajstić information content (AvgIpc) is 3.38. The summed E-state index contributed by atoms with van der Waals surface area (Å²) >= 11 is 5.98. The molecule has 6 heteroatoms. The molecule has 0 bridgehead atoms. The SMILES string of the molecule is N[C@H]1C[C@@H]1c1ccc(-c2cccc(C(F)(F)F)c2)nc1-c1ccc(Cl)cc1. The summed E-state index contributed by atoms with van der Waals surface area (Å²) in [4.78, 5) is 4.70. The molecule has 0 spiro atoms. The second kappa shape index (κ2) is 6.66. The molecule has 0 saturated heterocycles. The summed E-state index contributed by atoms with van der Waals surface area (Å²) in [5.41, 5.74) is 8.85. The van der Waals surface area contributed by atoms with E-state index in [0.717, 1.165) is 35.4 Å². The molecule has 2 N–H and O–H groups in total. The summed E-state index contributed by atoms with van der Waals surface area (Å²) in [6, 6.07) is 16.2. The number of nitrogens with two attached hydrogens (primary N) is 1. The Bertz CT molecular complexity index is 983. The van der Waals surface area contributed by atoms with Crippen molar-refractivity contribution in [3.8, 4) is 22.5 Å². The van der Waals surface area contributed by atoms with Gasteiger partial charge in [-0.2, -0.15) is 13.2 Å². The van der Waals surface area contributed by atoms with Crippen molar-refractivity contribution in [3.63, 3.8) is 0 Å². The van der Waals surface area contributed by atoms with E-state index in [0.29, 0.717) is 16.3 Å². The van der Waals surface area contributed by atoms with Gasteiger partial charge in [0.15, 0.2) is 0 Å². The van der Waals surface area contributed by atoms with Gasteiger partial charge in [0.05, 0.1) is 17.0 Å². The summed E-state index contributed by atoms with van der Waals surface area (Å²) in [5, 5.41) is 0.609. The van der Waals surface area contributed by atoms with Gasteiger partial charge in [0, 0.05) is 28.1 Å². The van der Waals surface area contributed by atoms with Crippen molar-refractivity contribution in [1.29, 1.82) is 0 Å². The van der Waals surface area contributed by atoms with E-state index in [2.05, 4.69) is 0 Å². The molecule has 0 aliphatic heterocycles. The third-order valence-corrected chi connectivity index (χ3v) is 5.02. The van der Waals surface area contributed by atoms with Crippen LogP contribution in [0.1, 0.15) is 23.5 Å². The van der Waals surface area contributed by atoms with Crippen molar-refractivity contribution in [3.05, 3.63) is 76.8 Å². The summed E-state index contributed by atoms with van der Waals surface area (Å²) in [6.45, 7) is 0. The Kier molecular flexibility index (Phi) is 4.44. The zero-order valence-electron chi connectivity index (χ0n) is 14.2. The number of rotatable bonds is 3. The summed E-state index contributed by atoms with van der Waals surface area (Å²) in [6.07, 6.45) is -3.51. The third kappa shape index (κ3) is 3.70. The highest BCUT2D eigenvalue weighted by Gasteiger charge is 2.37. The van der Waals surface area contributed by atoms with Gasteiger partial charge >= 0.3 is 6.18 Å². The Labute approximate surface area is 159 Å². The molecule has 27 heavy (non-hydrogen) atoms. The van der Waals surface area contributed by atoms with Crippen LogP contribution in [0.25, 0.3) is 22.5 Å². The van der Waals surface area contributed by atoms with Crippen molar-refractivity contribution >= 4 is 11.6 Å². The molecule has 1 aromatic heterocycles. The molecule has 2 aromatic carbocycles. The van der Waals surface area contributed by atoms with Gasteiger partial charge in [0.2, 0.25) is 0 Å². The zero-order chi connectivity index (χ0) is 19.2. The minimum Gasteiger partial charge on any atom is -0.327 e. The first-order valence-corrected chi connectivity index (χ1v) is 8.91. The van der Waals surface area contributed by atoms with Crippen LogP contribution in [0.4, 0.5) is 13.2 Å². The molecule has 0 amide bonds. The van der Waals surface area contributed by atoms with Crippen molar-refractivity contribution in [1.82, 2.24) is 4.98 Å². The summed E-state index contributed by atoms with van der Waals surface area (Å²) < 4.78 is 39.1. The van der Waals surface area contributed by atoms with E-state index in [1.807, 2.05) is 18.2 Å². The molecule has 1 aliphatic rings. The molecule has 4 rings (SSSR count). The maximum Gasteiger partial charge on any atom is 0.416 e.